The number of hydrogen-bond donors (Lipinski definition) is 1. The summed E-state index contributed by atoms with van der Waals surface area (Å²) >= 11 is 11.1. The smallest absolute Gasteiger partial charge is 0.0733 e. The monoisotopic (exact) mass is 296 g/mol. The Labute approximate surface area is 125 Å². The first kappa shape index (κ1) is 14.8. The maximum atomic E-state index is 6.06. The summed E-state index contributed by atoms with van der Waals surface area (Å²) in [4.78, 5) is 3.01. The van der Waals surface area contributed by atoms with E-state index in [9.17, 15) is 0 Å². The number of nitrogens with zero attached hydrogens (tertiary/aromatic N) is 1. The molecule has 0 aromatic heterocycles. The first-order valence-electron chi connectivity index (χ1n) is 6.66. The van der Waals surface area contributed by atoms with Gasteiger partial charge in [-0.05, 0) is 49.9 Å². The number of benzene rings is 1. The zero-order chi connectivity index (χ0) is 14.0. The molecular formula is C15H21ClN2S. The first-order valence-corrected chi connectivity index (χ1v) is 7.44. The third-order valence-corrected chi connectivity index (χ3v) is 4.46. The normalized spacial score (nSPS) is 18.3. The number of halogens is 1. The molecule has 4 heteroatoms. The minimum atomic E-state index is 0.327. The van der Waals surface area contributed by atoms with E-state index in [2.05, 4.69) is 24.9 Å². The molecule has 0 heterocycles. The van der Waals surface area contributed by atoms with Crippen LogP contribution in [0.25, 0.3) is 0 Å². The molecule has 1 aliphatic rings. The van der Waals surface area contributed by atoms with Gasteiger partial charge < -0.3 is 5.73 Å². The first-order chi connectivity index (χ1) is 8.92. The topological polar surface area (TPSA) is 29.3 Å². The molecule has 0 radical (unpaired) electrons. The molecule has 1 aliphatic carbocycles. The molecule has 1 saturated carbocycles. The second-order valence-electron chi connectivity index (χ2n) is 5.79. The van der Waals surface area contributed by atoms with E-state index in [1.165, 1.54) is 18.4 Å². The molecule has 104 valence electrons. The molecule has 2 N–H and O–H groups in total. The van der Waals surface area contributed by atoms with Crippen LogP contribution in [0.3, 0.4) is 0 Å². The summed E-state index contributed by atoms with van der Waals surface area (Å²) in [6.07, 6.45) is 3.34. The van der Waals surface area contributed by atoms with Crippen molar-refractivity contribution >= 4 is 28.8 Å². The average molecular weight is 297 g/mol. The summed E-state index contributed by atoms with van der Waals surface area (Å²) in [7, 11) is 2.16. The van der Waals surface area contributed by atoms with Crippen LogP contribution in [0.15, 0.2) is 24.3 Å². The largest absolute Gasteiger partial charge is 0.393 e. The van der Waals surface area contributed by atoms with Gasteiger partial charge in [-0.3, -0.25) is 4.90 Å². The summed E-state index contributed by atoms with van der Waals surface area (Å²) in [5, 5.41) is 0.794. The number of thiocarbonyl (C=S) groups is 1. The molecule has 0 saturated heterocycles. The molecule has 19 heavy (non-hydrogen) atoms. The number of rotatable bonds is 6. The highest BCUT2D eigenvalue weighted by atomic mass is 35.5. The highest BCUT2D eigenvalue weighted by Gasteiger charge is 2.44. The van der Waals surface area contributed by atoms with E-state index in [1.807, 2.05) is 18.2 Å². The van der Waals surface area contributed by atoms with E-state index in [4.69, 9.17) is 29.6 Å². The predicted octanol–water partition coefficient (Wildman–Crippen LogP) is 3.79. The van der Waals surface area contributed by atoms with Crippen molar-refractivity contribution in [1.29, 1.82) is 0 Å². The molecular weight excluding hydrogens is 276 g/mol. The van der Waals surface area contributed by atoms with Crippen molar-refractivity contribution in [1.82, 2.24) is 4.90 Å². The average Bonchev–Trinajstić information content (AvgIpc) is 3.06. The minimum Gasteiger partial charge on any atom is -0.393 e. The Kier molecular flexibility index (Phi) is 4.49. The van der Waals surface area contributed by atoms with Gasteiger partial charge in [-0.1, -0.05) is 36.0 Å². The Hall–Kier alpha value is -0.640. The van der Waals surface area contributed by atoms with Gasteiger partial charge in [0.25, 0.3) is 0 Å². The Morgan fingerprint density at radius 1 is 1.53 bits per heavy atom. The predicted molar refractivity (Wildman–Crippen MR) is 85.6 cm³/mol. The lowest BCUT2D eigenvalue weighted by molar-refractivity contribution is 0.212. The molecule has 2 nitrogen and oxygen atoms in total. The summed E-state index contributed by atoms with van der Waals surface area (Å²) in [5.41, 5.74) is 7.27. The van der Waals surface area contributed by atoms with Crippen molar-refractivity contribution in [2.75, 3.05) is 13.6 Å². The van der Waals surface area contributed by atoms with Crippen molar-refractivity contribution in [3.63, 3.8) is 0 Å². The molecule has 1 unspecified atom stereocenters. The molecule has 2 rings (SSSR count). The third kappa shape index (κ3) is 3.91. The second-order valence-corrected chi connectivity index (χ2v) is 6.75. The standard InChI is InChI=1S/C15H21ClN2S/c1-11(12-4-3-5-13(16)8-12)18(2)10-15(6-7-15)9-14(17)19/h3-5,8,11H,6-7,9-10H2,1-2H3,(H2,17,19). The summed E-state index contributed by atoms with van der Waals surface area (Å²) < 4.78 is 0. The van der Waals surface area contributed by atoms with Gasteiger partial charge >= 0.3 is 0 Å². The van der Waals surface area contributed by atoms with E-state index < -0.39 is 0 Å². The number of hydrogen-bond acceptors (Lipinski definition) is 2. The third-order valence-electron chi connectivity index (χ3n) is 4.08. The fourth-order valence-electron chi connectivity index (χ4n) is 2.62. The molecule has 1 atom stereocenters. The van der Waals surface area contributed by atoms with E-state index in [0.29, 0.717) is 16.4 Å². The lowest BCUT2D eigenvalue weighted by Crippen LogP contribution is -2.31. The van der Waals surface area contributed by atoms with Crippen molar-refractivity contribution in [2.24, 2.45) is 11.1 Å². The van der Waals surface area contributed by atoms with Crippen molar-refractivity contribution in [3.8, 4) is 0 Å². The fraction of sp³-hybridized carbons (Fsp3) is 0.533. The second kappa shape index (κ2) is 5.78. The van der Waals surface area contributed by atoms with Crippen LogP contribution >= 0.6 is 23.8 Å². The van der Waals surface area contributed by atoms with Crippen LogP contribution in [0.4, 0.5) is 0 Å². The van der Waals surface area contributed by atoms with Crippen molar-refractivity contribution in [2.45, 2.75) is 32.2 Å². The van der Waals surface area contributed by atoms with E-state index in [0.717, 1.165) is 18.0 Å². The molecule has 1 fully saturated rings. The van der Waals surface area contributed by atoms with Crippen LogP contribution in [0, 0.1) is 5.41 Å². The highest BCUT2D eigenvalue weighted by molar-refractivity contribution is 7.80. The van der Waals surface area contributed by atoms with Crippen LogP contribution < -0.4 is 5.73 Å². The lowest BCUT2D eigenvalue weighted by Gasteiger charge is -2.29. The highest BCUT2D eigenvalue weighted by Crippen LogP contribution is 2.50. The maximum absolute atomic E-state index is 6.06. The van der Waals surface area contributed by atoms with E-state index >= 15 is 0 Å². The molecule has 1 aromatic rings. The van der Waals surface area contributed by atoms with Gasteiger partial charge in [0.2, 0.25) is 0 Å². The molecule has 0 spiro atoms. The Balaban J connectivity index is 2.00. The van der Waals surface area contributed by atoms with Crippen LogP contribution in [-0.2, 0) is 0 Å². The molecule has 0 amide bonds. The number of nitrogens with two attached hydrogens (primary N) is 1. The SMILES string of the molecule is CC(c1cccc(Cl)c1)N(C)CC1(CC(N)=S)CC1. The van der Waals surface area contributed by atoms with Gasteiger partial charge in [-0.2, -0.15) is 0 Å². The van der Waals surface area contributed by atoms with Crippen molar-refractivity contribution < 1.29 is 0 Å². The van der Waals surface area contributed by atoms with Crippen LogP contribution in [0.1, 0.15) is 37.8 Å². The molecule has 0 aliphatic heterocycles. The van der Waals surface area contributed by atoms with Gasteiger partial charge in [-0.25, -0.2) is 0 Å². The fourth-order valence-corrected chi connectivity index (χ4v) is 3.13. The minimum absolute atomic E-state index is 0.327. The quantitative estimate of drug-likeness (QED) is 0.810. The van der Waals surface area contributed by atoms with Crippen LogP contribution in [0.5, 0.6) is 0 Å². The Bertz CT molecular complexity index is 471. The summed E-state index contributed by atoms with van der Waals surface area (Å²) in [6, 6.07) is 8.43. The molecule has 1 aromatic carbocycles. The van der Waals surface area contributed by atoms with Gasteiger partial charge in [0, 0.05) is 24.0 Å². The van der Waals surface area contributed by atoms with Gasteiger partial charge in [0.1, 0.15) is 0 Å². The maximum Gasteiger partial charge on any atom is 0.0733 e. The summed E-state index contributed by atoms with van der Waals surface area (Å²) in [5.74, 6) is 0. The molecule has 0 bridgehead atoms. The van der Waals surface area contributed by atoms with Gasteiger partial charge in [0.15, 0.2) is 0 Å². The van der Waals surface area contributed by atoms with Crippen LogP contribution in [-0.4, -0.2) is 23.5 Å². The zero-order valence-electron chi connectivity index (χ0n) is 11.5. The van der Waals surface area contributed by atoms with Gasteiger partial charge in [-0.15, -0.1) is 0 Å². The van der Waals surface area contributed by atoms with Crippen LogP contribution in [0.2, 0.25) is 5.02 Å². The van der Waals surface area contributed by atoms with E-state index in [-0.39, 0.29) is 0 Å². The lowest BCUT2D eigenvalue weighted by atomic mass is 9.99. The Morgan fingerprint density at radius 3 is 2.74 bits per heavy atom. The Morgan fingerprint density at radius 2 is 2.21 bits per heavy atom. The van der Waals surface area contributed by atoms with Crippen molar-refractivity contribution in [3.05, 3.63) is 34.9 Å². The zero-order valence-corrected chi connectivity index (χ0v) is 13.1. The van der Waals surface area contributed by atoms with E-state index in [1.54, 1.807) is 0 Å². The van der Waals surface area contributed by atoms with Gasteiger partial charge in [0.05, 0.1) is 4.99 Å². The summed E-state index contributed by atoms with van der Waals surface area (Å²) in [6.45, 7) is 3.25.